The van der Waals surface area contributed by atoms with E-state index in [4.69, 9.17) is 23.7 Å². The number of carbonyl (C=O) groups is 2. The van der Waals surface area contributed by atoms with E-state index in [2.05, 4.69) is 11.8 Å². The van der Waals surface area contributed by atoms with Crippen LogP contribution < -0.4 is 14.2 Å². The lowest BCUT2D eigenvalue weighted by Gasteiger charge is -2.33. The van der Waals surface area contributed by atoms with Crippen LogP contribution in [-0.2, 0) is 9.47 Å². The summed E-state index contributed by atoms with van der Waals surface area (Å²) in [5.41, 5.74) is -1.30. The highest BCUT2D eigenvalue weighted by Crippen LogP contribution is 2.38. The molecule has 1 aromatic carbocycles. The van der Waals surface area contributed by atoms with Gasteiger partial charge in [-0.1, -0.05) is 5.92 Å². The monoisotopic (exact) mass is 419 g/mol. The fraction of sp³-hybridized carbons (Fsp3) is 0.545. The second kappa shape index (κ2) is 8.84. The van der Waals surface area contributed by atoms with Crippen molar-refractivity contribution < 1.29 is 33.3 Å². The van der Waals surface area contributed by atoms with Crippen molar-refractivity contribution in [2.45, 2.75) is 52.0 Å². The number of nitrogens with zero attached hydrogens (tertiary/aromatic N) is 1. The Morgan fingerprint density at radius 3 is 2.13 bits per heavy atom. The van der Waals surface area contributed by atoms with Crippen molar-refractivity contribution in [3.8, 4) is 29.1 Å². The van der Waals surface area contributed by atoms with E-state index in [1.165, 1.54) is 38.4 Å². The van der Waals surface area contributed by atoms with Gasteiger partial charge >= 0.3 is 6.09 Å². The summed E-state index contributed by atoms with van der Waals surface area (Å²) in [6, 6.07) is 2.43. The number of benzene rings is 1. The zero-order valence-electron chi connectivity index (χ0n) is 18.7. The third-order valence-corrected chi connectivity index (χ3v) is 4.36. The highest BCUT2D eigenvalue weighted by Gasteiger charge is 2.45. The highest BCUT2D eigenvalue weighted by molar-refractivity contribution is 6.09. The molecule has 1 atom stereocenters. The Morgan fingerprint density at radius 2 is 1.67 bits per heavy atom. The number of methoxy groups -OCH3 is 3. The minimum atomic E-state index is -0.905. The summed E-state index contributed by atoms with van der Waals surface area (Å²) in [7, 11) is 4.41. The molecule has 1 saturated heterocycles. The maximum atomic E-state index is 12.7. The van der Waals surface area contributed by atoms with Gasteiger partial charge in [0.15, 0.2) is 11.5 Å². The predicted molar refractivity (Wildman–Crippen MR) is 110 cm³/mol. The van der Waals surface area contributed by atoms with Gasteiger partial charge in [-0.25, -0.2) is 4.79 Å². The fourth-order valence-electron chi connectivity index (χ4n) is 3.00. The van der Waals surface area contributed by atoms with Crippen LogP contribution in [0.4, 0.5) is 4.79 Å². The van der Waals surface area contributed by atoms with Crippen molar-refractivity contribution >= 4 is 11.9 Å². The van der Waals surface area contributed by atoms with Crippen LogP contribution in [0, 0.1) is 11.8 Å². The first kappa shape index (κ1) is 23.4. The molecule has 1 fully saturated rings. The number of amides is 1. The second-order valence-corrected chi connectivity index (χ2v) is 8.14. The van der Waals surface area contributed by atoms with Crippen molar-refractivity contribution in [3.05, 3.63) is 17.7 Å². The Kier molecular flexibility index (Phi) is 6.88. The maximum absolute atomic E-state index is 12.7. The van der Waals surface area contributed by atoms with Crippen LogP contribution in [0.2, 0.25) is 0 Å². The normalized spacial score (nSPS) is 17.6. The molecule has 1 heterocycles. The van der Waals surface area contributed by atoms with Crippen molar-refractivity contribution in [3.63, 3.8) is 0 Å². The molecular weight excluding hydrogens is 390 g/mol. The van der Waals surface area contributed by atoms with E-state index in [1.807, 2.05) is 0 Å². The average molecular weight is 419 g/mol. The van der Waals surface area contributed by atoms with Crippen molar-refractivity contribution in [2.75, 3.05) is 27.9 Å². The topological polar surface area (TPSA) is 83.5 Å². The SMILES string of the molecule is COc1cc(C(=O)C#C[C@@H]2COC(C)(C)N2C(=O)OC(C)(C)C)cc(OC)c1OC. The number of ether oxygens (including phenoxy) is 5. The van der Waals surface area contributed by atoms with Crippen LogP contribution >= 0.6 is 0 Å². The fourth-order valence-corrected chi connectivity index (χ4v) is 3.00. The van der Waals surface area contributed by atoms with Gasteiger partial charge in [0.05, 0.1) is 27.9 Å². The third kappa shape index (κ3) is 5.16. The molecule has 0 spiro atoms. The molecule has 8 nitrogen and oxygen atoms in total. The van der Waals surface area contributed by atoms with Crippen LogP contribution in [0.1, 0.15) is 45.0 Å². The summed E-state index contributed by atoms with van der Waals surface area (Å²) in [5, 5.41) is 0. The van der Waals surface area contributed by atoms with Crippen LogP contribution in [0.25, 0.3) is 0 Å². The molecule has 1 amide bonds. The number of carbonyl (C=O) groups excluding carboxylic acids is 2. The van der Waals surface area contributed by atoms with E-state index < -0.39 is 29.2 Å². The summed E-state index contributed by atoms with van der Waals surface area (Å²) >= 11 is 0. The lowest BCUT2D eigenvalue weighted by atomic mass is 10.1. The summed E-state index contributed by atoms with van der Waals surface area (Å²) in [4.78, 5) is 26.8. The van der Waals surface area contributed by atoms with Crippen LogP contribution in [0.5, 0.6) is 17.2 Å². The average Bonchev–Trinajstić information content (AvgIpc) is 2.97. The van der Waals surface area contributed by atoms with E-state index >= 15 is 0 Å². The Labute approximate surface area is 177 Å². The standard InChI is InChI=1S/C22H29NO7/c1-21(2,3)30-20(25)23-15(13-29-22(23,4)5)9-10-16(24)14-11-17(26-6)19(28-8)18(12-14)27-7/h11-12,15H,13H2,1-8H3/t15-/m1/s1. The lowest BCUT2D eigenvalue weighted by Crippen LogP contribution is -2.49. The summed E-state index contributed by atoms with van der Waals surface area (Å²) in [5.74, 6) is 6.06. The van der Waals surface area contributed by atoms with E-state index in [9.17, 15) is 9.59 Å². The van der Waals surface area contributed by atoms with Gasteiger partial charge in [0.25, 0.3) is 0 Å². The van der Waals surface area contributed by atoms with E-state index in [0.29, 0.717) is 17.2 Å². The molecule has 164 valence electrons. The first-order chi connectivity index (χ1) is 13.9. The van der Waals surface area contributed by atoms with E-state index in [0.717, 1.165) is 0 Å². The van der Waals surface area contributed by atoms with Gasteiger partial charge in [-0.15, -0.1) is 0 Å². The molecule has 1 aliphatic heterocycles. The van der Waals surface area contributed by atoms with Crippen LogP contribution in [-0.4, -0.2) is 62.1 Å². The number of hydrogen-bond acceptors (Lipinski definition) is 7. The minimum absolute atomic E-state index is 0.168. The van der Waals surface area contributed by atoms with Gasteiger partial charge in [0, 0.05) is 5.56 Å². The maximum Gasteiger partial charge on any atom is 0.413 e. The summed E-state index contributed by atoms with van der Waals surface area (Å²) in [6.07, 6.45) is -0.551. The van der Waals surface area contributed by atoms with Gasteiger partial charge in [-0.2, -0.15) is 0 Å². The van der Waals surface area contributed by atoms with Crippen LogP contribution in [0.3, 0.4) is 0 Å². The molecule has 0 bridgehead atoms. The molecule has 0 aromatic heterocycles. The summed E-state index contributed by atoms with van der Waals surface area (Å²) < 4.78 is 27.0. The molecule has 0 N–H and O–H groups in total. The number of hydrogen-bond donors (Lipinski definition) is 0. The highest BCUT2D eigenvalue weighted by atomic mass is 16.6. The molecule has 0 unspecified atom stereocenters. The van der Waals surface area contributed by atoms with Crippen molar-refractivity contribution in [2.24, 2.45) is 0 Å². The number of ketones is 1. The van der Waals surface area contributed by atoms with Crippen molar-refractivity contribution in [1.82, 2.24) is 4.90 Å². The zero-order valence-corrected chi connectivity index (χ0v) is 18.7. The Bertz CT molecular complexity index is 849. The van der Waals surface area contributed by atoms with E-state index in [1.54, 1.807) is 34.6 Å². The molecule has 8 heteroatoms. The first-order valence-electron chi connectivity index (χ1n) is 9.45. The molecule has 30 heavy (non-hydrogen) atoms. The Morgan fingerprint density at radius 1 is 1.10 bits per heavy atom. The Hall–Kier alpha value is -2.92. The quantitative estimate of drug-likeness (QED) is 0.421. The second-order valence-electron chi connectivity index (χ2n) is 8.14. The number of rotatable bonds is 4. The molecule has 1 aliphatic rings. The lowest BCUT2D eigenvalue weighted by molar-refractivity contribution is -0.0608. The zero-order chi connectivity index (χ0) is 22.7. The Balaban J connectivity index is 2.31. The molecule has 2 rings (SSSR count). The van der Waals surface area contributed by atoms with Gasteiger partial charge in [0.2, 0.25) is 11.5 Å². The van der Waals surface area contributed by atoms with Crippen LogP contribution in [0.15, 0.2) is 12.1 Å². The van der Waals surface area contributed by atoms with E-state index in [-0.39, 0.29) is 12.2 Å². The van der Waals surface area contributed by atoms with Gasteiger partial charge < -0.3 is 23.7 Å². The molecule has 0 saturated carbocycles. The molecule has 0 radical (unpaired) electrons. The largest absolute Gasteiger partial charge is 0.493 e. The van der Waals surface area contributed by atoms with Gasteiger partial charge in [0.1, 0.15) is 17.4 Å². The molecule has 0 aliphatic carbocycles. The van der Waals surface area contributed by atoms with Crippen molar-refractivity contribution in [1.29, 1.82) is 0 Å². The predicted octanol–water partition coefficient (Wildman–Crippen LogP) is 3.27. The van der Waals surface area contributed by atoms with Gasteiger partial charge in [-0.05, 0) is 52.7 Å². The summed E-state index contributed by atoms with van der Waals surface area (Å²) in [6.45, 7) is 9.01. The first-order valence-corrected chi connectivity index (χ1v) is 9.45. The third-order valence-electron chi connectivity index (χ3n) is 4.36. The minimum Gasteiger partial charge on any atom is -0.493 e. The van der Waals surface area contributed by atoms with Gasteiger partial charge in [-0.3, -0.25) is 9.69 Å². The molecule has 1 aromatic rings. The smallest absolute Gasteiger partial charge is 0.413 e. The molecular formula is C22H29NO7. The number of Topliss-reactive ketones (excluding diaryl/α,β-unsaturated/α-hetero) is 1.